The number of pyridine rings is 2. The fraction of sp³-hybridized carbons (Fsp3) is 0. The van der Waals surface area contributed by atoms with E-state index in [0.717, 1.165) is 78.6 Å². The van der Waals surface area contributed by atoms with E-state index in [1.165, 1.54) is 143 Å². The Labute approximate surface area is 662 Å². The van der Waals surface area contributed by atoms with E-state index >= 15 is 0 Å². The van der Waals surface area contributed by atoms with E-state index in [9.17, 15) is 0 Å². The Morgan fingerprint density at radius 1 is 0.149 bits per heavy atom. The number of fused-ring (bicyclic) bond motifs is 8. The van der Waals surface area contributed by atoms with Gasteiger partial charge in [0, 0.05) is 64.5 Å². The number of anilines is 6. The third-order valence-electron chi connectivity index (χ3n) is 23.5. The van der Waals surface area contributed by atoms with Gasteiger partial charge in [-0.1, -0.05) is 303 Å². The summed E-state index contributed by atoms with van der Waals surface area (Å²) in [5.41, 5.74) is 37.5. The Bertz CT molecular complexity index is 7080. The molecule has 0 bridgehead atoms. The lowest BCUT2D eigenvalue weighted by molar-refractivity contribution is 1.28. The summed E-state index contributed by atoms with van der Waals surface area (Å²) < 4.78 is 0. The molecule has 0 N–H and O–H groups in total. The summed E-state index contributed by atoms with van der Waals surface area (Å²) >= 11 is 0. The minimum Gasteiger partial charge on any atom is -0.310 e. The van der Waals surface area contributed by atoms with E-state index in [1.54, 1.807) is 0 Å². The molecule has 0 spiro atoms. The van der Waals surface area contributed by atoms with Gasteiger partial charge in [-0.05, 0) is 279 Å². The molecule has 0 atom stereocenters. The van der Waals surface area contributed by atoms with Crippen LogP contribution in [0.15, 0.2) is 425 Å². The molecule has 114 heavy (non-hydrogen) atoms. The van der Waals surface area contributed by atoms with Crippen molar-refractivity contribution in [2.24, 2.45) is 0 Å². The molecule has 0 saturated heterocycles. The number of nitrogens with zero attached hydrogens (tertiary/aromatic N) is 4. The molecular weight excluding hydrogens is 1380 g/mol. The average Bonchev–Trinajstić information content (AvgIpc) is 1.54. The second-order valence-electron chi connectivity index (χ2n) is 29.8. The Balaban J connectivity index is 0.676. The predicted molar refractivity (Wildman–Crippen MR) is 479 cm³/mol. The SMILES string of the molecule is c1ccc(-c2c3c(c(-c4ccccc4)c4ccccc24)-c2ccc(-c4cccc(N(c5ccc(-c6ccc7c(-c8ccccc8)c8c(c(-c9ccccc9)c7c6)-c6cccc7c(-c9cccc(N(c%10ccccc%10)c%10cccc(-c%11ccncc%11)c%10)c9)ccc-8c67)cc5)c5cccc(-c6cccnc6)c5)c4)c4cccc-3c24)cc1. The smallest absolute Gasteiger partial charge is 0.0467 e. The standard InChI is InChI=1S/C110H70N4/c1-6-25-73(26-7-1)101-93-44-16-17-45-94(93)102(74-27-8-2-9-28-74)109-98-58-56-90(91-46-22-48-96(105(91)98)107(101)109)81-36-21-43-88(68-81)114(86-41-19-34-78(66-86)82-37-24-62-112-70-82)84-53-50-71(51-54-84)79-52-55-95-100(69-79)104(76-31-12-4-13-32-76)108-97-49-23-47-92-89(57-59-99(106(92)97)110(108)103(95)75-29-10-3-11-30-75)80-35-20-42-87(67-80)113(83-38-14-5-15-39-83)85-40-18-33-77(65-85)72-60-63-111-64-61-72/h1-70H. The Morgan fingerprint density at radius 2 is 0.465 bits per heavy atom. The Kier molecular flexibility index (Phi) is 15.9. The summed E-state index contributed by atoms with van der Waals surface area (Å²) in [6.07, 6.45) is 7.51. The van der Waals surface area contributed by atoms with Gasteiger partial charge in [0.1, 0.15) is 0 Å². The normalized spacial score (nSPS) is 11.7. The molecule has 0 fully saturated rings. The van der Waals surface area contributed by atoms with Gasteiger partial charge >= 0.3 is 0 Å². The van der Waals surface area contributed by atoms with Gasteiger partial charge in [-0.25, -0.2) is 0 Å². The van der Waals surface area contributed by atoms with Crippen molar-refractivity contribution in [3.8, 4) is 145 Å². The topological polar surface area (TPSA) is 32.3 Å². The van der Waals surface area contributed by atoms with Crippen LogP contribution in [0.3, 0.4) is 0 Å². The Hall–Kier alpha value is -15.1. The lowest BCUT2D eigenvalue weighted by Crippen LogP contribution is -2.10. The maximum absolute atomic E-state index is 4.57. The second kappa shape index (κ2) is 27.5. The van der Waals surface area contributed by atoms with Crippen molar-refractivity contribution in [2.45, 2.75) is 0 Å². The van der Waals surface area contributed by atoms with Crippen molar-refractivity contribution in [2.75, 3.05) is 9.80 Å². The summed E-state index contributed by atoms with van der Waals surface area (Å²) in [6.45, 7) is 0. The number of benzene rings is 18. The fourth-order valence-corrected chi connectivity index (χ4v) is 18.6. The van der Waals surface area contributed by atoms with Crippen LogP contribution in [0, 0.1) is 0 Å². The highest BCUT2D eigenvalue weighted by Gasteiger charge is 2.34. The molecule has 4 heteroatoms. The highest BCUT2D eigenvalue weighted by Crippen LogP contribution is 2.61. The third-order valence-corrected chi connectivity index (χ3v) is 23.5. The van der Waals surface area contributed by atoms with Gasteiger partial charge in [0.2, 0.25) is 0 Å². The van der Waals surface area contributed by atoms with Crippen LogP contribution >= 0.6 is 0 Å². The molecule has 2 aromatic heterocycles. The van der Waals surface area contributed by atoms with Crippen molar-refractivity contribution in [3.63, 3.8) is 0 Å². The number of hydrogen-bond donors (Lipinski definition) is 0. The molecular formula is C110H70N4. The summed E-state index contributed by atoms with van der Waals surface area (Å²) in [6, 6.07) is 148. The molecule has 2 aliphatic carbocycles. The molecule has 0 saturated carbocycles. The monoisotopic (exact) mass is 1450 g/mol. The molecule has 0 amide bonds. The van der Waals surface area contributed by atoms with E-state index in [0.29, 0.717) is 0 Å². The first kappa shape index (κ1) is 65.9. The first-order chi connectivity index (χ1) is 56.6. The quantitative estimate of drug-likeness (QED) is 0.102. The molecule has 22 rings (SSSR count). The van der Waals surface area contributed by atoms with Crippen molar-refractivity contribution >= 4 is 77.2 Å². The third kappa shape index (κ3) is 11.0. The van der Waals surface area contributed by atoms with Gasteiger partial charge in [-0.3, -0.25) is 9.97 Å². The average molecular weight is 1450 g/mol. The maximum Gasteiger partial charge on any atom is 0.0467 e. The minimum atomic E-state index is 1.04. The number of para-hydroxylation sites is 1. The van der Waals surface area contributed by atoms with E-state index in [2.05, 4.69) is 414 Å². The molecule has 4 nitrogen and oxygen atoms in total. The zero-order valence-corrected chi connectivity index (χ0v) is 62.2. The molecule has 0 radical (unpaired) electrons. The fourth-order valence-electron chi connectivity index (χ4n) is 18.6. The van der Waals surface area contributed by atoms with E-state index in [4.69, 9.17) is 0 Å². The zero-order valence-electron chi connectivity index (χ0n) is 62.2. The summed E-state index contributed by atoms with van der Waals surface area (Å²) in [4.78, 5) is 13.7. The summed E-state index contributed by atoms with van der Waals surface area (Å²) in [5.74, 6) is 0. The van der Waals surface area contributed by atoms with Gasteiger partial charge < -0.3 is 9.80 Å². The van der Waals surface area contributed by atoms with Crippen LogP contribution < -0.4 is 9.80 Å². The summed E-state index contributed by atoms with van der Waals surface area (Å²) in [5, 5.41) is 9.90. The van der Waals surface area contributed by atoms with Gasteiger partial charge in [-0.2, -0.15) is 0 Å². The molecule has 530 valence electrons. The maximum atomic E-state index is 4.57. The second-order valence-corrected chi connectivity index (χ2v) is 29.8. The molecule has 18 aromatic carbocycles. The number of aromatic nitrogens is 2. The van der Waals surface area contributed by atoms with Gasteiger partial charge in [0.25, 0.3) is 0 Å². The van der Waals surface area contributed by atoms with Crippen LogP contribution in [0.2, 0.25) is 0 Å². The Morgan fingerprint density at radius 3 is 0.921 bits per heavy atom. The van der Waals surface area contributed by atoms with Crippen molar-refractivity contribution < 1.29 is 0 Å². The molecule has 0 aliphatic heterocycles. The zero-order chi connectivity index (χ0) is 75.2. The van der Waals surface area contributed by atoms with Crippen LogP contribution in [0.1, 0.15) is 0 Å². The highest BCUT2D eigenvalue weighted by molar-refractivity contribution is 6.31. The van der Waals surface area contributed by atoms with E-state index in [-0.39, 0.29) is 0 Å². The highest BCUT2D eigenvalue weighted by atomic mass is 15.1. The number of hydrogen-bond acceptors (Lipinski definition) is 4. The van der Waals surface area contributed by atoms with E-state index in [1.807, 2.05) is 30.9 Å². The molecule has 2 aliphatic rings. The first-order valence-corrected chi connectivity index (χ1v) is 39.1. The number of rotatable bonds is 15. The van der Waals surface area contributed by atoms with Gasteiger partial charge in [-0.15, -0.1) is 0 Å². The minimum absolute atomic E-state index is 1.04. The van der Waals surface area contributed by atoms with Crippen molar-refractivity contribution in [3.05, 3.63) is 425 Å². The van der Waals surface area contributed by atoms with Crippen LogP contribution in [0.5, 0.6) is 0 Å². The first-order valence-electron chi connectivity index (χ1n) is 39.1. The molecule has 20 aromatic rings. The lowest BCUT2D eigenvalue weighted by Gasteiger charge is -2.27. The largest absolute Gasteiger partial charge is 0.310 e. The van der Waals surface area contributed by atoms with Crippen molar-refractivity contribution in [1.82, 2.24) is 9.97 Å². The van der Waals surface area contributed by atoms with Crippen LogP contribution in [0.4, 0.5) is 34.1 Å². The predicted octanol–water partition coefficient (Wildman–Crippen LogP) is 30.3. The van der Waals surface area contributed by atoms with Crippen LogP contribution in [0.25, 0.3) is 188 Å². The van der Waals surface area contributed by atoms with E-state index < -0.39 is 0 Å². The van der Waals surface area contributed by atoms with Gasteiger partial charge in [0.15, 0.2) is 0 Å². The van der Waals surface area contributed by atoms with Crippen molar-refractivity contribution in [1.29, 1.82) is 0 Å². The molecule has 2 heterocycles. The molecule has 0 unspecified atom stereocenters. The summed E-state index contributed by atoms with van der Waals surface area (Å²) in [7, 11) is 0. The van der Waals surface area contributed by atoms with Gasteiger partial charge in [0.05, 0.1) is 0 Å². The van der Waals surface area contributed by atoms with Crippen LogP contribution in [-0.4, -0.2) is 9.97 Å². The lowest BCUT2D eigenvalue weighted by atomic mass is 9.82. The van der Waals surface area contributed by atoms with Crippen LogP contribution in [-0.2, 0) is 0 Å².